The summed E-state index contributed by atoms with van der Waals surface area (Å²) in [6, 6.07) is 11.5. The molecule has 0 bridgehead atoms. The monoisotopic (exact) mass is 730 g/mol. The largest absolute Gasteiger partial charge is 0.396 e. The number of nitrogens with zero attached hydrogens (tertiary/aromatic N) is 7. The number of hydrogen-bond acceptors (Lipinski definition) is 11. The predicted octanol–water partition coefficient (Wildman–Crippen LogP) is 3.39. The molecule has 0 radical (unpaired) electrons. The molecule has 15 nitrogen and oxygen atoms in total. The molecule has 1 unspecified atom stereocenters. The number of aliphatic hydroxyl groups excluding tert-OH is 1. The van der Waals surface area contributed by atoms with Crippen molar-refractivity contribution >= 4 is 68.5 Å². The number of imide groups is 1. The topological polar surface area (TPSA) is 184 Å². The lowest BCUT2D eigenvalue weighted by molar-refractivity contribution is -0.134. The summed E-state index contributed by atoms with van der Waals surface area (Å²) in [7, 11) is 3.56. The molecule has 2 fully saturated rings. The summed E-state index contributed by atoms with van der Waals surface area (Å²) in [5.74, 6) is -0.295. The average Bonchev–Trinajstić information content (AvgIpc) is 3.55. The number of benzene rings is 2. The van der Waals surface area contributed by atoms with Gasteiger partial charge in [-0.1, -0.05) is 11.6 Å². The summed E-state index contributed by atoms with van der Waals surface area (Å²) >= 11 is 6.56. The van der Waals surface area contributed by atoms with Crippen LogP contribution in [0.1, 0.15) is 51.1 Å². The van der Waals surface area contributed by atoms with Gasteiger partial charge in [0.15, 0.2) is 5.82 Å². The number of anilines is 4. The van der Waals surface area contributed by atoms with E-state index in [0.29, 0.717) is 67.1 Å². The van der Waals surface area contributed by atoms with E-state index in [1.54, 1.807) is 40.9 Å². The zero-order chi connectivity index (χ0) is 36.9. The first-order chi connectivity index (χ1) is 24.8. The van der Waals surface area contributed by atoms with Crippen LogP contribution in [-0.2, 0) is 30.2 Å². The van der Waals surface area contributed by atoms with Crippen molar-refractivity contribution in [2.45, 2.75) is 63.6 Å². The highest BCUT2D eigenvalue weighted by molar-refractivity contribution is 6.33. The Hall–Kier alpha value is -4.99. The molecule has 2 aliphatic rings. The molecule has 0 spiro atoms. The van der Waals surface area contributed by atoms with Crippen molar-refractivity contribution in [2.24, 2.45) is 20.0 Å². The van der Waals surface area contributed by atoms with Gasteiger partial charge in [0.2, 0.25) is 17.8 Å². The number of imidazole rings is 1. The van der Waals surface area contributed by atoms with E-state index >= 15 is 0 Å². The van der Waals surface area contributed by atoms with Crippen LogP contribution in [0.4, 0.5) is 23.1 Å². The maximum Gasteiger partial charge on any atom is 0.328 e. The molecular formula is C36H43ClN10O5. The van der Waals surface area contributed by atoms with Crippen LogP contribution < -0.4 is 26.5 Å². The summed E-state index contributed by atoms with van der Waals surface area (Å²) in [5, 5.41) is 35.9. The van der Waals surface area contributed by atoms with Gasteiger partial charge in [0.1, 0.15) is 5.02 Å². The quantitative estimate of drug-likeness (QED) is 0.133. The number of fused-ring (bicyclic) bond motifs is 2. The van der Waals surface area contributed by atoms with Crippen molar-refractivity contribution in [3.63, 3.8) is 0 Å². The van der Waals surface area contributed by atoms with E-state index in [4.69, 9.17) is 16.6 Å². The van der Waals surface area contributed by atoms with Crippen molar-refractivity contribution in [3.8, 4) is 0 Å². The number of aromatic nitrogens is 6. The summed E-state index contributed by atoms with van der Waals surface area (Å²) < 4.78 is 5.00. The minimum absolute atomic E-state index is 0.0296. The average molecular weight is 731 g/mol. The highest BCUT2D eigenvalue weighted by Gasteiger charge is 2.33. The summed E-state index contributed by atoms with van der Waals surface area (Å²) in [5.41, 5.74) is 3.50. The van der Waals surface area contributed by atoms with E-state index in [0.717, 1.165) is 27.6 Å². The van der Waals surface area contributed by atoms with Gasteiger partial charge in [-0.05, 0) is 69.5 Å². The van der Waals surface area contributed by atoms with Crippen LogP contribution >= 0.6 is 11.6 Å². The number of nitrogens with one attached hydrogen (secondary N) is 3. The zero-order valence-corrected chi connectivity index (χ0v) is 30.3. The molecular weight excluding hydrogens is 688 g/mol. The van der Waals surface area contributed by atoms with E-state index in [1.807, 2.05) is 48.3 Å². The van der Waals surface area contributed by atoms with Crippen LogP contribution in [-0.4, -0.2) is 82.2 Å². The molecule has 5 aromatic rings. The Balaban J connectivity index is 1.05. The lowest BCUT2D eigenvalue weighted by Gasteiger charge is -2.38. The molecule has 2 aromatic carbocycles. The maximum absolute atomic E-state index is 13.0. The molecule has 5 heterocycles. The van der Waals surface area contributed by atoms with Gasteiger partial charge in [-0.2, -0.15) is 10.1 Å². The van der Waals surface area contributed by atoms with Gasteiger partial charge in [0, 0.05) is 75.5 Å². The van der Waals surface area contributed by atoms with Crippen LogP contribution in [0.3, 0.4) is 0 Å². The van der Waals surface area contributed by atoms with Gasteiger partial charge in [0.25, 0.3) is 0 Å². The first-order valence-electron chi connectivity index (χ1n) is 17.4. The van der Waals surface area contributed by atoms with Crippen LogP contribution in [0.2, 0.25) is 5.02 Å². The zero-order valence-electron chi connectivity index (χ0n) is 29.6. The SMILES string of the molecule is Cn1nc(C2CCC(=O)NC2=O)c2ccc(N[C@@H]3CCN(c4ncc(Cl)c(Nc5ccc6c(c5)n(CCC(C)(C)O)c(=O)n6C)n4)C[C@@H]3CO)cc21. The lowest BCUT2D eigenvalue weighted by Crippen LogP contribution is -2.48. The number of aryl methyl sites for hydroxylation is 3. The fourth-order valence-corrected chi connectivity index (χ4v) is 7.35. The fraction of sp³-hybridized carbons (Fsp3) is 0.444. The molecule has 52 heavy (non-hydrogen) atoms. The van der Waals surface area contributed by atoms with E-state index < -0.39 is 11.5 Å². The molecule has 0 aliphatic carbocycles. The van der Waals surface area contributed by atoms with E-state index in [1.165, 1.54) is 0 Å². The van der Waals surface area contributed by atoms with Gasteiger partial charge in [-0.3, -0.25) is 28.7 Å². The first kappa shape index (κ1) is 35.4. The Morgan fingerprint density at radius 3 is 2.56 bits per heavy atom. The second-order valence-electron chi connectivity index (χ2n) is 14.4. The summed E-state index contributed by atoms with van der Waals surface area (Å²) in [6.45, 7) is 4.89. The van der Waals surface area contributed by atoms with Crippen molar-refractivity contribution in [1.29, 1.82) is 0 Å². The number of carbonyl (C=O) groups excluding carboxylic acids is 2. The Bertz CT molecular complexity index is 2240. The Morgan fingerprint density at radius 2 is 1.81 bits per heavy atom. The minimum atomic E-state index is -0.915. The Morgan fingerprint density at radius 1 is 1.04 bits per heavy atom. The molecule has 5 N–H and O–H groups in total. The number of hydrogen-bond donors (Lipinski definition) is 5. The van der Waals surface area contributed by atoms with Crippen LogP contribution in [0.5, 0.6) is 0 Å². The van der Waals surface area contributed by atoms with Crippen LogP contribution in [0.15, 0.2) is 47.4 Å². The molecule has 16 heteroatoms. The molecule has 2 aliphatic heterocycles. The van der Waals surface area contributed by atoms with Crippen molar-refractivity contribution in [1.82, 2.24) is 34.2 Å². The minimum Gasteiger partial charge on any atom is -0.396 e. The molecule has 7 rings (SSSR count). The van der Waals surface area contributed by atoms with E-state index in [-0.39, 0.29) is 42.5 Å². The van der Waals surface area contributed by atoms with Gasteiger partial charge >= 0.3 is 5.69 Å². The number of carbonyl (C=O) groups is 2. The highest BCUT2D eigenvalue weighted by atomic mass is 35.5. The second-order valence-corrected chi connectivity index (χ2v) is 14.8. The highest BCUT2D eigenvalue weighted by Crippen LogP contribution is 2.33. The number of aliphatic hydroxyl groups is 2. The molecule has 274 valence electrons. The maximum atomic E-state index is 13.0. The summed E-state index contributed by atoms with van der Waals surface area (Å²) in [6.07, 6.45) is 3.39. The van der Waals surface area contributed by atoms with Crippen LogP contribution in [0.25, 0.3) is 21.9 Å². The third-order valence-electron chi connectivity index (χ3n) is 10.1. The smallest absolute Gasteiger partial charge is 0.328 e. The molecule has 0 saturated carbocycles. The third-order valence-corrected chi connectivity index (χ3v) is 10.4. The van der Waals surface area contributed by atoms with Gasteiger partial charge in [0.05, 0.1) is 40.0 Å². The molecule has 3 aromatic heterocycles. The van der Waals surface area contributed by atoms with Gasteiger partial charge < -0.3 is 25.7 Å². The number of piperidine rings is 2. The predicted molar refractivity (Wildman–Crippen MR) is 199 cm³/mol. The Labute approximate surface area is 304 Å². The normalized spacial score (nSPS) is 19.8. The summed E-state index contributed by atoms with van der Waals surface area (Å²) in [4.78, 5) is 48.5. The Kier molecular flexibility index (Phi) is 9.44. The first-order valence-corrected chi connectivity index (χ1v) is 17.8. The van der Waals surface area contributed by atoms with E-state index in [2.05, 4.69) is 26.0 Å². The fourth-order valence-electron chi connectivity index (χ4n) is 7.21. The van der Waals surface area contributed by atoms with Gasteiger partial charge in [-0.25, -0.2) is 9.78 Å². The molecule has 2 amide bonds. The standard InChI is InChI=1S/C36H43ClN10O5/c1-36(2,52)12-14-47-29-16-22(6-9-27(29)44(3)35(47)51)40-32-25(37)17-38-34(42-32)46-13-11-26(20(18-46)19-48)39-21-5-7-23-28(15-21)45(4)43-31(23)24-8-10-30(49)41-33(24)50/h5-7,9,15-17,20,24,26,39,48,52H,8,10-14,18-19H2,1-4H3,(H,38,40,42)(H,41,49,50)/t20-,24?,26-/m1/s1. The second kappa shape index (κ2) is 13.9. The van der Waals surface area contributed by atoms with Crippen molar-refractivity contribution < 1.29 is 19.8 Å². The number of amides is 2. The molecule has 2 saturated heterocycles. The van der Waals surface area contributed by atoms with Crippen LogP contribution in [0, 0.1) is 5.92 Å². The van der Waals surface area contributed by atoms with Gasteiger partial charge in [-0.15, -0.1) is 0 Å². The van der Waals surface area contributed by atoms with E-state index in [9.17, 15) is 24.6 Å². The molecule has 3 atom stereocenters. The lowest BCUT2D eigenvalue weighted by atomic mass is 9.92. The van der Waals surface area contributed by atoms with Crippen molar-refractivity contribution in [3.05, 3.63) is 63.8 Å². The number of halogens is 1. The third kappa shape index (κ3) is 6.95. The number of rotatable bonds is 10. The van der Waals surface area contributed by atoms with Crippen molar-refractivity contribution in [2.75, 3.05) is 35.2 Å².